The van der Waals surface area contributed by atoms with Crippen molar-refractivity contribution < 1.29 is 0 Å². The molecule has 0 radical (unpaired) electrons. The molecule has 7 heteroatoms. The van der Waals surface area contributed by atoms with E-state index < -0.39 is 0 Å². The number of fused-ring (bicyclic) bond motifs is 1. The normalized spacial score (nSPS) is 11.1. The SMILES string of the molecule is Nc1ccc(Br)cc1SCCn1nc2ccccn2c1=O. The molecule has 0 unspecified atom stereocenters. The molecule has 0 atom stereocenters. The van der Waals surface area contributed by atoms with Crippen LogP contribution in [-0.2, 0) is 6.54 Å². The molecule has 2 heterocycles. The van der Waals surface area contributed by atoms with Crippen LogP contribution in [0.1, 0.15) is 0 Å². The molecule has 0 fully saturated rings. The number of anilines is 1. The highest BCUT2D eigenvalue weighted by molar-refractivity contribution is 9.10. The second-order valence-electron chi connectivity index (χ2n) is 4.47. The average molecular weight is 365 g/mol. The minimum atomic E-state index is -0.117. The van der Waals surface area contributed by atoms with Crippen molar-refractivity contribution in [3.05, 3.63) is 57.6 Å². The smallest absolute Gasteiger partial charge is 0.350 e. The number of rotatable bonds is 4. The molecule has 2 aromatic heterocycles. The van der Waals surface area contributed by atoms with Crippen molar-refractivity contribution in [1.82, 2.24) is 14.2 Å². The summed E-state index contributed by atoms with van der Waals surface area (Å²) < 4.78 is 4.01. The maximum atomic E-state index is 12.1. The molecule has 0 aliphatic carbocycles. The van der Waals surface area contributed by atoms with E-state index in [-0.39, 0.29) is 5.69 Å². The molecular weight excluding hydrogens is 352 g/mol. The number of hydrogen-bond donors (Lipinski definition) is 1. The summed E-state index contributed by atoms with van der Waals surface area (Å²) in [6.07, 6.45) is 1.72. The lowest BCUT2D eigenvalue weighted by atomic mass is 10.3. The van der Waals surface area contributed by atoms with E-state index in [2.05, 4.69) is 21.0 Å². The van der Waals surface area contributed by atoms with Crippen LogP contribution in [0.15, 0.2) is 56.8 Å². The summed E-state index contributed by atoms with van der Waals surface area (Å²) >= 11 is 5.04. The number of aromatic nitrogens is 3. The van der Waals surface area contributed by atoms with E-state index in [1.54, 1.807) is 18.0 Å². The number of nitrogens with zero attached hydrogens (tertiary/aromatic N) is 3. The van der Waals surface area contributed by atoms with E-state index in [1.807, 2.05) is 36.4 Å². The predicted octanol–water partition coefficient (Wildman–Crippen LogP) is 2.63. The summed E-state index contributed by atoms with van der Waals surface area (Å²) in [5.74, 6) is 0.727. The zero-order valence-corrected chi connectivity index (χ0v) is 13.5. The molecule has 0 saturated carbocycles. The van der Waals surface area contributed by atoms with Crippen molar-refractivity contribution in [2.45, 2.75) is 11.4 Å². The highest BCUT2D eigenvalue weighted by Crippen LogP contribution is 2.28. The molecule has 5 nitrogen and oxygen atoms in total. The fourth-order valence-corrected chi connectivity index (χ4v) is 3.43. The standard InChI is InChI=1S/C14H13BrN4OS/c15-10-4-5-11(16)12(9-10)21-8-7-19-14(20)18-6-2-1-3-13(18)17-19/h1-6,9H,7-8,16H2. The predicted molar refractivity (Wildman–Crippen MR) is 88.7 cm³/mol. The van der Waals surface area contributed by atoms with Gasteiger partial charge in [-0.2, -0.15) is 0 Å². The highest BCUT2D eigenvalue weighted by Gasteiger charge is 2.06. The molecule has 0 spiro atoms. The van der Waals surface area contributed by atoms with Crippen LogP contribution in [-0.4, -0.2) is 19.9 Å². The maximum absolute atomic E-state index is 12.1. The van der Waals surface area contributed by atoms with E-state index in [1.165, 1.54) is 9.08 Å². The summed E-state index contributed by atoms with van der Waals surface area (Å²) in [6.45, 7) is 0.539. The van der Waals surface area contributed by atoms with Crippen LogP contribution in [0.2, 0.25) is 0 Å². The number of nitrogens with two attached hydrogens (primary N) is 1. The molecule has 3 rings (SSSR count). The Morgan fingerprint density at radius 2 is 2.14 bits per heavy atom. The molecule has 0 aliphatic heterocycles. The average Bonchev–Trinajstić information content (AvgIpc) is 2.80. The van der Waals surface area contributed by atoms with Crippen LogP contribution in [0.25, 0.3) is 5.65 Å². The summed E-state index contributed by atoms with van der Waals surface area (Å²) in [5, 5.41) is 4.30. The van der Waals surface area contributed by atoms with Crippen molar-refractivity contribution in [2.24, 2.45) is 0 Å². The Labute approximate surface area is 133 Å². The number of thioether (sulfide) groups is 1. The van der Waals surface area contributed by atoms with Gasteiger partial charge in [0.2, 0.25) is 0 Å². The number of halogens is 1. The number of nitrogen functional groups attached to an aromatic ring is 1. The van der Waals surface area contributed by atoms with Crippen LogP contribution in [0.5, 0.6) is 0 Å². The topological polar surface area (TPSA) is 65.3 Å². The van der Waals surface area contributed by atoms with Gasteiger partial charge >= 0.3 is 5.69 Å². The van der Waals surface area contributed by atoms with Crippen LogP contribution in [0.3, 0.4) is 0 Å². The van der Waals surface area contributed by atoms with E-state index in [0.29, 0.717) is 12.2 Å². The van der Waals surface area contributed by atoms with Gasteiger partial charge in [-0.15, -0.1) is 16.9 Å². The molecular formula is C14H13BrN4OS. The van der Waals surface area contributed by atoms with Gasteiger partial charge in [0.1, 0.15) is 0 Å². The second kappa shape index (κ2) is 5.95. The van der Waals surface area contributed by atoms with Crippen LogP contribution < -0.4 is 11.4 Å². The van der Waals surface area contributed by atoms with Crippen molar-refractivity contribution in [3.8, 4) is 0 Å². The van der Waals surface area contributed by atoms with Crippen molar-refractivity contribution in [1.29, 1.82) is 0 Å². The van der Waals surface area contributed by atoms with Gasteiger partial charge in [0.25, 0.3) is 0 Å². The number of hydrogen-bond acceptors (Lipinski definition) is 4. The minimum Gasteiger partial charge on any atom is -0.398 e. The number of benzene rings is 1. The Bertz CT molecular complexity index is 842. The maximum Gasteiger partial charge on any atom is 0.350 e. The van der Waals surface area contributed by atoms with Crippen molar-refractivity contribution in [3.63, 3.8) is 0 Å². The van der Waals surface area contributed by atoms with E-state index >= 15 is 0 Å². The summed E-state index contributed by atoms with van der Waals surface area (Å²) in [7, 11) is 0. The van der Waals surface area contributed by atoms with Crippen molar-refractivity contribution >= 4 is 39.0 Å². The van der Waals surface area contributed by atoms with Gasteiger partial charge in [-0.25, -0.2) is 9.48 Å². The first-order valence-corrected chi connectivity index (χ1v) is 8.15. The Balaban J connectivity index is 1.74. The monoisotopic (exact) mass is 364 g/mol. The Morgan fingerprint density at radius 3 is 2.95 bits per heavy atom. The first-order valence-electron chi connectivity index (χ1n) is 6.37. The van der Waals surface area contributed by atoms with Gasteiger partial charge in [-0.05, 0) is 30.3 Å². The van der Waals surface area contributed by atoms with E-state index in [4.69, 9.17) is 5.73 Å². The highest BCUT2D eigenvalue weighted by atomic mass is 79.9. The van der Waals surface area contributed by atoms with Crippen LogP contribution in [0.4, 0.5) is 5.69 Å². The number of pyridine rings is 1. The minimum absolute atomic E-state index is 0.117. The van der Waals surface area contributed by atoms with Gasteiger partial charge in [-0.1, -0.05) is 22.0 Å². The van der Waals surface area contributed by atoms with Gasteiger partial charge < -0.3 is 5.73 Å². The van der Waals surface area contributed by atoms with Gasteiger partial charge in [0, 0.05) is 27.0 Å². The quantitative estimate of drug-likeness (QED) is 0.570. The molecule has 2 N–H and O–H groups in total. The fraction of sp³-hybridized carbons (Fsp3) is 0.143. The van der Waals surface area contributed by atoms with Gasteiger partial charge in [0.15, 0.2) is 5.65 Å². The first-order chi connectivity index (χ1) is 10.1. The lowest BCUT2D eigenvalue weighted by Gasteiger charge is -2.05. The third-order valence-electron chi connectivity index (χ3n) is 3.02. The fourth-order valence-electron chi connectivity index (χ4n) is 1.99. The molecule has 108 valence electrons. The molecule has 0 amide bonds. The van der Waals surface area contributed by atoms with E-state index in [9.17, 15) is 4.79 Å². The second-order valence-corrected chi connectivity index (χ2v) is 6.52. The van der Waals surface area contributed by atoms with Crippen LogP contribution in [0, 0.1) is 0 Å². The third-order valence-corrected chi connectivity index (χ3v) is 4.57. The summed E-state index contributed by atoms with van der Waals surface area (Å²) in [4.78, 5) is 13.1. The van der Waals surface area contributed by atoms with E-state index in [0.717, 1.165) is 20.8 Å². The Morgan fingerprint density at radius 1 is 1.29 bits per heavy atom. The Hall–Kier alpha value is -1.73. The summed E-state index contributed by atoms with van der Waals surface area (Å²) in [6, 6.07) is 11.2. The zero-order chi connectivity index (χ0) is 14.8. The molecule has 3 aromatic rings. The lowest BCUT2D eigenvalue weighted by Crippen LogP contribution is -2.21. The molecule has 1 aromatic carbocycles. The first kappa shape index (κ1) is 14.2. The van der Waals surface area contributed by atoms with Gasteiger partial charge in [0.05, 0.1) is 6.54 Å². The molecule has 0 aliphatic rings. The Kier molecular flexibility index (Phi) is 4.03. The molecule has 0 saturated heterocycles. The molecule has 0 bridgehead atoms. The summed E-state index contributed by atoms with van der Waals surface area (Å²) in [5.41, 5.74) is 7.22. The van der Waals surface area contributed by atoms with Crippen molar-refractivity contribution in [2.75, 3.05) is 11.5 Å². The number of aryl methyl sites for hydroxylation is 1. The van der Waals surface area contributed by atoms with Gasteiger partial charge in [-0.3, -0.25) is 4.40 Å². The van der Waals surface area contributed by atoms with Crippen LogP contribution >= 0.6 is 27.7 Å². The lowest BCUT2D eigenvalue weighted by molar-refractivity contribution is 0.640. The largest absolute Gasteiger partial charge is 0.398 e. The third kappa shape index (κ3) is 2.98. The zero-order valence-electron chi connectivity index (χ0n) is 11.1. The molecule has 21 heavy (non-hydrogen) atoms.